The predicted molar refractivity (Wildman–Crippen MR) is 75.7 cm³/mol. The number of benzene rings is 2. The lowest BCUT2D eigenvalue weighted by atomic mass is 10.2. The van der Waals surface area contributed by atoms with Crippen molar-refractivity contribution in [1.82, 2.24) is 15.0 Å². The summed E-state index contributed by atoms with van der Waals surface area (Å²) < 4.78 is 0.854. The summed E-state index contributed by atoms with van der Waals surface area (Å²) in [6.45, 7) is 1.95. The van der Waals surface area contributed by atoms with Crippen molar-refractivity contribution in [3.8, 4) is 5.69 Å². The van der Waals surface area contributed by atoms with Gasteiger partial charge in [0.05, 0.1) is 11.4 Å². The summed E-state index contributed by atoms with van der Waals surface area (Å²) in [5.41, 5.74) is 10.2. The van der Waals surface area contributed by atoms with Crippen molar-refractivity contribution in [1.29, 1.82) is 0 Å². The summed E-state index contributed by atoms with van der Waals surface area (Å²) in [4.78, 5) is 1.63. The van der Waals surface area contributed by atoms with E-state index in [2.05, 4.69) is 26.1 Å². The molecular formula is C13H11BrN4. The number of halogens is 1. The largest absolute Gasteiger partial charge is 0.398 e. The fraction of sp³-hybridized carbons (Fsp3) is 0.0769. The fourth-order valence-corrected chi connectivity index (χ4v) is 2.38. The minimum absolute atomic E-state index is 0.711. The third kappa shape index (κ3) is 1.67. The van der Waals surface area contributed by atoms with E-state index in [1.165, 1.54) is 0 Å². The van der Waals surface area contributed by atoms with Gasteiger partial charge >= 0.3 is 0 Å². The molecule has 0 atom stereocenters. The van der Waals surface area contributed by atoms with Crippen molar-refractivity contribution < 1.29 is 0 Å². The van der Waals surface area contributed by atoms with E-state index in [4.69, 9.17) is 5.73 Å². The molecule has 0 spiro atoms. The molecule has 0 aliphatic rings. The summed E-state index contributed by atoms with van der Waals surface area (Å²) in [5.74, 6) is 0. The molecule has 5 heteroatoms. The average molecular weight is 303 g/mol. The number of hydrogen-bond acceptors (Lipinski definition) is 3. The minimum Gasteiger partial charge on any atom is -0.398 e. The summed E-state index contributed by atoms with van der Waals surface area (Å²) in [6, 6.07) is 11.7. The number of anilines is 1. The molecule has 18 heavy (non-hydrogen) atoms. The van der Waals surface area contributed by atoms with E-state index >= 15 is 0 Å². The highest BCUT2D eigenvalue weighted by Crippen LogP contribution is 2.29. The molecule has 0 aliphatic heterocycles. The number of para-hydroxylation sites is 1. The van der Waals surface area contributed by atoms with E-state index in [0.717, 1.165) is 26.8 Å². The quantitative estimate of drug-likeness (QED) is 0.703. The monoisotopic (exact) mass is 302 g/mol. The Morgan fingerprint density at radius 3 is 2.61 bits per heavy atom. The number of rotatable bonds is 1. The van der Waals surface area contributed by atoms with Crippen LogP contribution in [0.3, 0.4) is 0 Å². The van der Waals surface area contributed by atoms with Gasteiger partial charge in [-0.2, -0.15) is 4.80 Å². The second-order valence-electron chi connectivity index (χ2n) is 4.09. The van der Waals surface area contributed by atoms with Crippen molar-refractivity contribution in [2.24, 2.45) is 0 Å². The Hall–Kier alpha value is -1.88. The van der Waals surface area contributed by atoms with Crippen LogP contribution >= 0.6 is 15.9 Å². The molecule has 1 aromatic heterocycles. The van der Waals surface area contributed by atoms with Gasteiger partial charge in [0.15, 0.2) is 0 Å². The zero-order chi connectivity index (χ0) is 12.7. The molecule has 0 bridgehead atoms. The van der Waals surface area contributed by atoms with Crippen LogP contribution in [0.15, 0.2) is 40.9 Å². The lowest BCUT2D eigenvalue weighted by Gasteiger charge is -2.01. The molecule has 0 saturated carbocycles. The molecule has 2 N–H and O–H groups in total. The van der Waals surface area contributed by atoms with Gasteiger partial charge < -0.3 is 5.73 Å². The highest BCUT2D eigenvalue weighted by Gasteiger charge is 2.11. The second-order valence-corrected chi connectivity index (χ2v) is 4.94. The van der Waals surface area contributed by atoms with Gasteiger partial charge in [0.25, 0.3) is 0 Å². The molecular weight excluding hydrogens is 292 g/mol. The SMILES string of the molecule is Cc1c(N)c(Br)cc2nn(-c3ccccc3)nc12. The first-order valence-electron chi connectivity index (χ1n) is 5.54. The molecule has 0 amide bonds. The van der Waals surface area contributed by atoms with Crippen LogP contribution in [-0.4, -0.2) is 15.0 Å². The lowest BCUT2D eigenvalue weighted by Crippen LogP contribution is -1.97. The number of hydrogen-bond donors (Lipinski definition) is 1. The van der Waals surface area contributed by atoms with Crippen molar-refractivity contribution in [2.75, 3.05) is 5.73 Å². The molecule has 0 radical (unpaired) electrons. The topological polar surface area (TPSA) is 56.7 Å². The van der Waals surface area contributed by atoms with Crippen molar-refractivity contribution in [3.63, 3.8) is 0 Å². The third-order valence-corrected chi connectivity index (χ3v) is 3.56. The van der Waals surface area contributed by atoms with Gasteiger partial charge in [-0.3, -0.25) is 0 Å². The first kappa shape index (κ1) is 11.2. The molecule has 0 aliphatic carbocycles. The van der Waals surface area contributed by atoms with Crippen LogP contribution in [0.25, 0.3) is 16.7 Å². The smallest absolute Gasteiger partial charge is 0.118 e. The molecule has 1 heterocycles. The maximum atomic E-state index is 5.97. The van der Waals surface area contributed by atoms with E-state index in [0.29, 0.717) is 5.69 Å². The van der Waals surface area contributed by atoms with Crippen LogP contribution in [0.2, 0.25) is 0 Å². The van der Waals surface area contributed by atoms with Gasteiger partial charge in [0.1, 0.15) is 11.0 Å². The van der Waals surface area contributed by atoms with Crippen LogP contribution in [0.5, 0.6) is 0 Å². The Morgan fingerprint density at radius 2 is 1.89 bits per heavy atom. The Balaban J connectivity index is 2.27. The Morgan fingerprint density at radius 1 is 1.17 bits per heavy atom. The van der Waals surface area contributed by atoms with Crippen molar-refractivity contribution in [2.45, 2.75) is 6.92 Å². The molecule has 3 aromatic rings. The minimum atomic E-state index is 0.711. The van der Waals surface area contributed by atoms with E-state index in [9.17, 15) is 0 Å². The summed E-state index contributed by atoms with van der Waals surface area (Å²) in [6.07, 6.45) is 0. The van der Waals surface area contributed by atoms with E-state index in [1.807, 2.05) is 43.3 Å². The highest BCUT2D eigenvalue weighted by atomic mass is 79.9. The van der Waals surface area contributed by atoms with Crippen LogP contribution in [0.4, 0.5) is 5.69 Å². The lowest BCUT2D eigenvalue weighted by molar-refractivity contribution is 0.765. The zero-order valence-corrected chi connectivity index (χ0v) is 11.3. The average Bonchev–Trinajstić information content (AvgIpc) is 2.81. The zero-order valence-electron chi connectivity index (χ0n) is 9.76. The molecule has 0 fully saturated rings. The summed E-state index contributed by atoms with van der Waals surface area (Å²) in [7, 11) is 0. The second kappa shape index (κ2) is 4.10. The van der Waals surface area contributed by atoms with Crippen LogP contribution in [0.1, 0.15) is 5.56 Å². The van der Waals surface area contributed by atoms with Crippen LogP contribution in [-0.2, 0) is 0 Å². The number of aromatic nitrogens is 3. The van der Waals surface area contributed by atoms with Crippen molar-refractivity contribution >= 4 is 32.7 Å². The normalized spacial score (nSPS) is 11.0. The van der Waals surface area contributed by atoms with Gasteiger partial charge in [-0.1, -0.05) is 18.2 Å². The predicted octanol–water partition coefficient (Wildman–Crippen LogP) is 3.07. The van der Waals surface area contributed by atoms with E-state index in [-0.39, 0.29) is 0 Å². The van der Waals surface area contributed by atoms with Gasteiger partial charge in [0, 0.05) is 10.0 Å². The van der Waals surface area contributed by atoms with E-state index < -0.39 is 0 Å². The molecule has 0 saturated heterocycles. The molecule has 2 aromatic carbocycles. The first-order valence-corrected chi connectivity index (χ1v) is 6.33. The number of nitrogen functional groups attached to an aromatic ring is 1. The standard InChI is InChI=1S/C13H11BrN4/c1-8-12(15)10(14)7-11-13(8)17-18(16-11)9-5-3-2-4-6-9/h2-7H,15H2,1H3. The van der Waals surface area contributed by atoms with Crippen molar-refractivity contribution in [3.05, 3.63) is 46.4 Å². The van der Waals surface area contributed by atoms with Gasteiger partial charge in [-0.25, -0.2) is 0 Å². The molecule has 0 unspecified atom stereocenters. The maximum absolute atomic E-state index is 5.97. The molecule has 90 valence electrons. The third-order valence-electron chi connectivity index (χ3n) is 2.91. The van der Waals surface area contributed by atoms with Gasteiger partial charge in [-0.15, -0.1) is 10.2 Å². The summed E-state index contributed by atoms with van der Waals surface area (Å²) >= 11 is 3.43. The first-order chi connectivity index (χ1) is 8.66. The fourth-order valence-electron chi connectivity index (χ4n) is 1.86. The van der Waals surface area contributed by atoms with Gasteiger partial charge in [-0.05, 0) is 41.1 Å². The van der Waals surface area contributed by atoms with Crippen LogP contribution in [0, 0.1) is 6.92 Å². The number of fused-ring (bicyclic) bond motifs is 1. The molecule has 4 nitrogen and oxygen atoms in total. The summed E-state index contributed by atoms with van der Waals surface area (Å²) in [5, 5.41) is 8.95. The Kier molecular flexibility index (Phi) is 2.56. The Labute approximate surface area is 113 Å². The van der Waals surface area contributed by atoms with Gasteiger partial charge in [0.2, 0.25) is 0 Å². The number of aryl methyl sites for hydroxylation is 1. The van der Waals surface area contributed by atoms with Crippen LogP contribution < -0.4 is 5.73 Å². The number of nitrogens with zero attached hydrogens (tertiary/aromatic N) is 3. The highest BCUT2D eigenvalue weighted by molar-refractivity contribution is 9.10. The number of nitrogens with two attached hydrogens (primary N) is 1. The van der Waals surface area contributed by atoms with E-state index in [1.54, 1.807) is 4.80 Å². The Bertz CT molecular complexity index is 719. The maximum Gasteiger partial charge on any atom is 0.118 e. The molecule has 3 rings (SSSR count).